The summed E-state index contributed by atoms with van der Waals surface area (Å²) in [4.78, 5) is 11.9. The number of halogens is 1. The molecule has 2 N–H and O–H groups in total. The second-order valence-corrected chi connectivity index (χ2v) is 5.81. The van der Waals surface area contributed by atoms with Crippen molar-refractivity contribution in [2.24, 2.45) is 5.41 Å². The quantitative estimate of drug-likeness (QED) is 0.785. The van der Waals surface area contributed by atoms with E-state index in [2.05, 4.69) is 17.6 Å². The fraction of sp³-hybridized carbons (Fsp3) is 0.929. The molecule has 2 fully saturated rings. The zero-order valence-electron chi connectivity index (χ0n) is 11.9. The average molecular weight is 291 g/mol. The summed E-state index contributed by atoms with van der Waals surface area (Å²) in [6.45, 7) is 5.38. The molecular formula is C14H27ClN2O2. The second-order valence-electron chi connectivity index (χ2n) is 5.81. The van der Waals surface area contributed by atoms with Crippen LogP contribution in [0.5, 0.6) is 0 Å². The number of rotatable bonds is 6. The molecule has 4 nitrogen and oxygen atoms in total. The summed E-state index contributed by atoms with van der Waals surface area (Å²) in [5, 5.41) is 6.44. The van der Waals surface area contributed by atoms with Crippen molar-refractivity contribution in [2.45, 2.75) is 51.5 Å². The highest BCUT2D eigenvalue weighted by Crippen LogP contribution is 2.44. The zero-order chi connectivity index (χ0) is 12.8. The first-order valence-electron chi connectivity index (χ1n) is 7.32. The van der Waals surface area contributed by atoms with Crippen molar-refractivity contribution in [3.05, 3.63) is 0 Å². The molecule has 1 saturated heterocycles. The molecule has 5 heteroatoms. The summed E-state index contributed by atoms with van der Waals surface area (Å²) in [5.74, 6) is 0.167. The lowest BCUT2D eigenvalue weighted by molar-refractivity contribution is -0.123. The molecule has 1 unspecified atom stereocenters. The standard InChI is InChI=1S/C14H26N2O2.ClH/c1-2-4-14(5-3-6-14)11-16-13(17)9-12-10-18-8-7-15-12;/h12,15H,2-11H2,1H3,(H,16,17);1H. The largest absolute Gasteiger partial charge is 0.378 e. The third-order valence-electron chi connectivity index (χ3n) is 4.29. The van der Waals surface area contributed by atoms with Crippen molar-refractivity contribution in [2.75, 3.05) is 26.3 Å². The molecule has 0 radical (unpaired) electrons. The van der Waals surface area contributed by atoms with Crippen LogP contribution in [0, 0.1) is 5.41 Å². The molecule has 1 aliphatic carbocycles. The second kappa shape index (κ2) is 8.08. The van der Waals surface area contributed by atoms with Crippen LogP contribution in [0.3, 0.4) is 0 Å². The first kappa shape index (κ1) is 16.7. The van der Waals surface area contributed by atoms with Gasteiger partial charge in [-0.2, -0.15) is 0 Å². The van der Waals surface area contributed by atoms with Crippen LogP contribution < -0.4 is 10.6 Å². The summed E-state index contributed by atoms with van der Waals surface area (Å²) in [5.41, 5.74) is 0.418. The third kappa shape index (κ3) is 4.93. The molecule has 0 aromatic heterocycles. The lowest BCUT2D eigenvalue weighted by atomic mass is 9.66. The van der Waals surface area contributed by atoms with E-state index in [0.717, 1.165) is 19.7 Å². The van der Waals surface area contributed by atoms with E-state index in [0.29, 0.717) is 18.4 Å². The molecule has 112 valence electrons. The van der Waals surface area contributed by atoms with Gasteiger partial charge in [-0.3, -0.25) is 4.79 Å². The van der Waals surface area contributed by atoms with Gasteiger partial charge < -0.3 is 15.4 Å². The maximum atomic E-state index is 11.9. The molecule has 0 bridgehead atoms. The number of carbonyl (C=O) groups is 1. The number of hydrogen-bond donors (Lipinski definition) is 2. The topological polar surface area (TPSA) is 50.4 Å². The normalized spacial score (nSPS) is 25.0. The Balaban J connectivity index is 0.00000180. The van der Waals surface area contributed by atoms with Gasteiger partial charge in [-0.25, -0.2) is 0 Å². The fourth-order valence-corrected chi connectivity index (χ4v) is 3.06. The molecule has 1 atom stereocenters. The number of morpholine rings is 1. The van der Waals surface area contributed by atoms with E-state index in [-0.39, 0.29) is 24.4 Å². The van der Waals surface area contributed by atoms with Gasteiger partial charge in [0.1, 0.15) is 0 Å². The van der Waals surface area contributed by atoms with Crippen molar-refractivity contribution < 1.29 is 9.53 Å². The molecule has 0 spiro atoms. The van der Waals surface area contributed by atoms with Crippen LogP contribution in [0.1, 0.15) is 45.4 Å². The van der Waals surface area contributed by atoms with Crippen LogP contribution in [-0.4, -0.2) is 38.3 Å². The van der Waals surface area contributed by atoms with Gasteiger partial charge in [-0.05, 0) is 24.7 Å². The number of hydrogen-bond acceptors (Lipinski definition) is 3. The Morgan fingerprint density at radius 3 is 2.79 bits per heavy atom. The summed E-state index contributed by atoms with van der Waals surface area (Å²) < 4.78 is 5.36. The predicted octanol–water partition coefficient (Wildman–Crippen LogP) is 1.87. The number of nitrogens with one attached hydrogen (secondary N) is 2. The van der Waals surface area contributed by atoms with E-state index in [9.17, 15) is 4.79 Å². The highest BCUT2D eigenvalue weighted by Gasteiger charge is 2.36. The Bertz CT molecular complexity index is 277. The molecule has 1 amide bonds. The van der Waals surface area contributed by atoms with Crippen LogP contribution >= 0.6 is 12.4 Å². The van der Waals surface area contributed by atoms with Crippen LogP contribution in [0.2, 0.25) is 0 Å². The van der Waals surface area contributed by atoms with Crippen molar-refractivity contribution in [1.82, 2.24) is 10.6 Å². The van der Waals surface area contributed by atoms with Gasteiger partial charge in [0.15, 0.2) is 0 Å². The van der Waals surface area contributed by atoms with E-state index < -0.39 is 0 Å². The minimum atomic E-state index is 0. The van der Waals surface area contributed by atoms with Crippen LogP contribution in [0.25, 0.3) is 0 Å². The van der Waals surface area contributed by atoms with E-state index in [1.807, 2.05) is 0 Å². The van der Waals surface area contributed by atoms with Gasteiger partial charge in [-0.1, -0.05) is 19.8 Å². The predicted molar refractivity (Wildman–Crippen MR) is 78.7 cm³/mol. The first-order valence-corrected chi connectivity index (χ1v) is 7.32. The first-order chi connectivity index (χ1) is 8.74. The lowest BCUT2D eigenvalue weighted by Gasteiger charge is -2.42. The highest BCUT2D eigenvalue weighted by molar-refractivity contribution is 5.85. The van der Waals surface area contributed by atoms with Crippen LogP contribution in [0.4, 0.5) is 0 Å². The molecule has 2 aliphatic rings. The van der Waals surface area contributed by atoms with Gasteiger partial charge in [0.2, 0.25) is 5.91 Å². The molecule has 2 rings (SSSR count). The van der Waals surface area contributed by atoms with Crippen molar-refractivity contribution in [1.29, 1.82) is 0 Å². The molecule has 1 saturated carbocycles. The molecule has 0 aromatic rings. The Hall–Kier alpha value is -0.320. The molecule has 1 heterocycles. The van der Waals surface area contributed by atoms with E-state index >= 15 is 0 Å². The van der Waals surface area contributed by atoms with Gasteiger partial charge in [-0.15, -0.1) is 12.4 Å². The summed E-state index contributed by atoms with van der Waals surface area (Å²) in [6, 6.07) is 0.197. The smallest absolute Gasteiger partial charge is 0.221 e. The molecule has 19 heavy (non-hydrogen) atoms. The van der Waals surface area contributed by atoms with Crippen LogP contribution in [0.15, 0.2) is 0 Å². The Labute approximate surface area is 122 Å². The van der Waals surface area contributed by atoms with Gasteiger partial charge >= 0.3 is 0 Å². The SMILES string of the molecule is CCCC1(CNC(=O)CC2COCCN2)CCC1.Cl. The minimum absolute atomic E-state index is 0. The van der Waals surface area contributed by atoms with Gasteiger partial charge in [0.05, 0.1) is 13.2 Å². The molecule has 0 aromatic carbocycles. The summed E-state index contributed by atoms with van der Waals surface area (Å²) >= 11 is 0. The summed E-state index contributed by atoms with van der Waals surface area (Å²) in [7, 11) is 0. The maximum absolute atomic E-state index is 11.9. The van der Waals surface area contributed by atoms with Crippen LogP contribution in [-0.2, 0) is 9.53 Å². The maximum Gasteiger partial charge on any atom is 0.221 e. The van der Waals surface area contributed by atoms with E-state index in [4.69, 9.17) is 4.74 Å². The van der Waals surface area contributed by atoms with Gasteiger partial charge in [0.25, 0.3) is 0 Å². The highest BCUT2D eigenvalue weighted by atomic mass is 35.5. The molecule has 1 aliphatic heterocycles. The lowest BCUT2D eigenvalue weighted by Crippen LogP contribution is -2.46. The Kier molecular flexibility index (Phi) is 7.11. The monoisotopic (exact) mass is 290 g/mol. The van der Waals surface area contributed by atoms with E-state index in [1.54, 1.807) is 0 Å². The average Bonchev–Trinajstić information content (AvgIpc) is 2.34. The van der Waals surface area contributed by atoms with Crippen molar-refractivity contribution in [3.8, 4) is 0 Å². The number of carbonyl (C=O) groups excluding carboxylic acids is 1. The Morgan fingerprint density at radius 1 is 1.47 bits per heavy atom. The van der Waals surface area contributed by atoms with Crippen molar-refractivity contribution >= 4 is 18.3 Å². The molecular weight excluding hydrogens is 264 g/mol. The zero-order valence-corrected chi connectivity index (χ0v) is 12.7. The number of amides is 1. The third-order valence-corrected chi connectivity index (χ3v) is 4.29. The van der Waals surface area contributed by atoms with E-state index in [1.165, 1.54) is 32.1 Å². The summed E-state index contributed by atoms with van der Waals surface area (Å²) in [6.07, 6.45) is 6.90. The number of ether oxygens (including phenoxy) is 1. The fourth-order valence-electron chi connectivity index (χ4n) is 3.06. The minimum Gasteiger partial charge on any atom is -0.378 e. The Morgan fingerprint density at radius 2 is 2.26 bits per heavy atom. The van der Waals surface area contributed by atoms with Gasteiger partial charge in [0, 0.05) is 25.6 Å². The van der Waals surface area contributed by atoms with Crippen molar-refractivity contribution in [3.63, 3.8) is 0 Å².